The van der Waals surface area contributed by atoms with Crippen LogP contribution in [0.5, 0.6) is 23.0 Å². The molecule has 2 aromatic rings. The number of carbonyl (C=O) groups excluding carboxylic acids is 1. The smallest absolute Gasteiger partial charge is 0.338 e. The van der Waals surface area contributed by atoms with E-state index < -0.39 is 5.97 Å². The average Bonchev–Trinajstić information content (AvgIpc) is 2.65. The second-order valence-electron chi connectivity index (χ2n) is 5.24. The van der Waals surface area contributed by atoms with Gasteiger partial charge in [0.2, 0.25) is 5.75 Å². The molecule has 0 unspecified atom stereocenters. The number of benzene rings is 2. The van der Waals surface area contributed by atoms with E-state index in [1.165, 1.54) is 21.3 Å². The predicted octanol–water partition coefficient (Wildman–Crippen LogP) is 3.48. The summed E-state index contributed by atoms with van der Waals surface area (Å²) in [5.74, 6) is 1.60. The maximum absolute atomic E-state index is 12.3. The molecule has 0 saturated carbocycles. The summed E-state index contributed by atoms with van der Waals surface area (Å²) in [6, 6.07) is 7.07. The van der Waals surface area contributed by atoms with Gasteiger partial charge in [0.05, 0.1) is 41.1 Å². The minimum Gasteiger partial charge on any atom is -0.497 e. The summed E-state index contributed by atoms with van der Waals surface area (Å²) < 4.78 is 26.6. The van der Waals surface area contributed by atoms with Crippen molar-refractivity contribution in [3.05, 3.63) is 35.4 Å². The highest BCUT2D eigenvalue weighted by Gasteiger charge is 2.23. The van der Waals surface area contributed by atoms with Gasteiger partial charge in [0.25, 0.3) is 0 Å². The van der Waals surface area contributed by atoms with Gasteiger partial charge in [-0.25, -0.2) is 4.79 Å². The Morgan fingerprint density at radius 3 is 1.92 bits per heavy atom. The maximum atomic E-state index is 12.3. The van der Waals surface area contributed by atoms with Crippen LogP contribution in [-0.4, -0.2) is 41.5 Å². The van der Waals surface area contributed by atoms with E-state index in [0.29, 0.717) is 39.7 Å². The molecule has 0 radical (unpaired) electrons. The Morgan fingerprint density at radius 1 is 0.760 bits per heavy atom. The normalized spacial score (nSPS) is 10.2. The van der Waals surface area contributed by atoms with Crippen LogP contribution in [0.4, 0.5) is 0 Å². The first-order valence-corrected chi connectivity index (χ1v) is 7.58. The Labute approximate surface area is 147 Å². The first-order valence-electron chi connectivity index (χ1n) is 7.58. The van der Waals surface area contributed by atoms with Gasteiger partial charge in [0.1, 0.15) is 5.75 Å². The summed E-state index contributed by atoms with van der Waals surface area (Å²) in [5.41, 5.74) is 2.56. The van der Waals surface area contributed by atoms with Crippen molar-refractivity contribution in [2.45, 2.75) is 6.92 Å². The zero-order valence-corrected chi connectivity index (χ0v) is 15.3. The van der Waals surface area contributed by atoms with Crippen molar-refractivity contribution < 1.29 is 28.5 Å². The van der Waals surface area contributed by atoms with Crippen molar-refractivity contribution in [3.8, 4) is 34.1 Å². The second kappa shape index (κ2) is 7.79. The lowest BCUT2D eigenvalue weighted by Gasteiger charge is -2.19. The lowest BCUT2D eigenvalue weighted by molar-refractivity contribution is 0.0601. The highest BCUT2D eigenvalue weighted by Crippen LogP contribution is 2.47. The van der Waals surface area contributed by atoms with Gasteiger partial charge >= 0.3 is 5.97 Å². The number of ether oxygens (including phenoxy) is 5. The number of hydrogen-bond acceptors (Lipinski definition) is 6. The number of methoxy groups -OCH3 is 5. The van der Waals surface area contributed by atoms with Crippen LogP contribution < -0.4 is 18.9 Å². The molecule has 6 heteroatoms. The molecule has 0 amide bonds. The largest absolute Gasteiger partial charge is 0.497 e. The standard InChI is InChI=1S/C19H22O6/c1-11-9-14(17(23-4)18(24-5)16(11)22-3)13-8-7-12(21-2)10-15(13)19(20)25-6/h7-10H,1-6H3. The van der Waals surface area contributed by atoms with E-state index in [2.05, 4.69) is 0 Å². The van der Waals surface area contributed by atoms with E-state index in [4.69, 9.17) is 23.7 Å². The summed E-state index contributed by atoms with van der Waals surface area (Å²) in [6.07, 6.45) is 0. The lowest BCUT2D eigenvalue weighted by atomic mass is 9.96. The fourth-order valence-electron chi connectivity index (χ4n) is 2.76. The van der Waals surface area contributed by atoms with Crippen LogP contribution in [0.25, 0.3) is 11.1 Å². The fraction of sp³-hybridized carbons (Fsp3) is 0.316. The summed E-state index contributed by atoms with van der Waals surface area (Å²) in [7, 11) is 7.52. The van der Waals surface area contributed by atoms with E-state index >= 15 is 0 Å². The highest BCUT2D eigenvalue weighted by atomic mass is 16.5. The molecular formula is C19H22O6. The molecule has 0 aliphatic rings. The van der Waals surface area contributed by atoms with Gasteiger partial charge in [-0.15, -0.1) is 0 Å². The number of esters is 1. The molecular weight excluding hydrogens is 324 g/mol. The number of carbonyl (C=O) groups is 1. The third kappa shape index (κ3) is 3.33. The second-order valence-corrected chi connectivity index (χ2v) is 5.24. The molecule has 2 aromatic carbocycles. The lowest BCUT2D eigenvalue weighted by Crippen LogP contribution is -2.06. The minimum atomic E-state index is -0.469. The van der Waals surface area contributed by atoms with Crippen LogP contribution in [-0.2, 0) is 4.74 Å². The van der Waals surface area contributed by atoms with Crippen LogP contribution >= 0.6 is 0 Å². The molecule has 0 atom stereocenters. The average molecular weight is 346 g/mol. The molecule has 0 fully saturated rings. The van der Waals surface area contributed by atoms with E-state index in [0.717, 1.165) is 5.56 Å². The summed E-state index contributed by atoms with van der Waals surface area (Å²) in [6.45, 7) is 1.89. The summed E-state index contributed by atoms with van der Waals surface area (Å²) in [5, 5.41) is 0. The Balaban J connectivity index is 2.82. The first-order chi connectivity index (χ1) is 12.0. The molecule has 134 valence electrons. The van der Waals surface area contributed by atoms with Gasteiger partial charge in [-0.3, -0.25) is 0 Å². The van der Waals surface area contributed by atoms with Gasteiger partial charge in [-0.2, -0.15) is 0 Å². The van der Waals surface area contributed by atoms with Gasteiger partial charge in [0.15, 0.2) is 11.5 Å². The molecule has 25 heavy (non-hydrogen) atoms. The topological polar surface area (TPSA) is 63.2 Å². The Morgan fingerprint density at radius 2 is 1.40 bits per heavy atom. The van der Waals surface area contributed by atoms with Crippen LogP contribution in [0.2, 0.25) is 0 Å². The zero-order valence-electron chi connectivity index (χ0n) is 15.3. The third-order valence-electron chi connectivity index (χ3n) is 3.91. The van der Waals surface area contributed by atoms with E-state index in [-0.39, 0.29) is 0 Å². The molecule has 0 N–H and O–H groups in total. The minimum absolute atomic E-state index is 0.367. The van der Waals surface area contributed by atoms with E-state index in [1.807, 2.05) is 13.0 Å². The molecule has 0 bridgehead atoms. The molecule has 0 spiro atoms. The van der Waals surface area contributed by atoms with Gasteiger partial charge in [-0.1, -0.05) is 0 Å². The third-order valence-corrected chi connectivity index (χ3v) is 3.91. The summed E-state index contributed by atoms with van der Waals surface area (Å²) >= 11 is 0. The van der Waals surface area contributed by atoms with Crippen LogP contribution in [0.3, 0.4) is 0 Å². The molecule has 0 aliphatic heterocycles. The quantitative estimate of drug-likeness (QED) is 0.746. The van der Waals surface area contributed by atoms with Gasteiger partial charge in [0, 0.05) is 11.1 Å². The number of hydrogen-bond donors (Lipinski definition) is 0. The summed E-state index contributed by atoms with van der Waals surface area (Å²) in [4.78, 5) is 12.3. The fourth-order valence-corrected chi connectivity index (χ4v) is 2.76. The highest BCUT2D eigenvalue weighted by molar-refractivity contribution is 5.99. The van der Waals surface area contributed by atoms with Crippen molar-refractivity contribution in [2.75, 3.05) is 35.5 Å². The van der Waals surface area contributed by atoms with Gasteiger partial charge < -0.3 is 23.7 Å². The maximum Gasteiger partial charge on any atom is 0.338 e. The molecule has 2 rings (SSSR count). The Bertz CT molecular complexity index is 782. The predicted molar refractivity (Wildman–Crippen MR) is 94.2 cm³/mol. The van der Waals surface area contributed by atoms with E-state index in [9.17, 15) is 4.79 Å². The SMILES string of the molecule is COC(=O)c1cc(OC)ccc1-c1cc(C)c(OC)c(OC)c1OC. The number of rotatable bonds is 6. The Hall–Kier alpha value is -2.89. The van der Waals surface area contributed by atoms with Crippen molar-refractivity contribution in [2.24, 2.45) is 0 Å². The molecule has 6 nitrogen and oxygen atoms in total. The Kier molecular flexibility index (Phi) is 5.75. The van der Waals surface area contributed by atoms with Crippen molar-refractivity contribution in [3.63, 3.8) is 0 Å². The molecule has 0 aliphatic carbocycles. The van der Waals surface area contributed by atoms with Crippen LogP contribution in [0.1, 0.15) is 15.9 Å². The van der Waals surface area contributed by atoms with Crippen molar-refractivity contribution >= 4 is 5.97 Å². The van der Waals surface area contributed by atoms with Crippen molar-refractivity contribution in [1.82, 2.24) is 0 Å². The van der Waals surface area contributed by atoms with Crippen molar-refractivity contribution in [1.29, 1.82) is 0 Å². The van der Waals surface area contributed by atoms with Crippen LogP contribution in [0, 0.1) is 6.92 Å². The molecule has 0 aromatic heterocycles. The van der Waals surface area contributed by atoms with Gasteiger partial charge in [-0.05, 0) is 36.8 Å². The number of aryl methyl sites for hydroxylation is 1. The van der Waals surface area contributed by atoms with Crippen LogP contribution in [0.15, 0.2) is 24.3 Å². The molecule has 0 saturated heterocycles. The molecule has 0 heterocycles. The van der Waals surface area contributed by atoms with E-state index in [1.54, 1.807) is 32.4 Å². The zero-order chi connectivity index (χ0) is 18.6. The monoisotopic (exact) mass is 346 g/mol. The first kappa shape index (κ1) is 18.4.